The van der Waals surface area contributed by atoms with Crippen LogP contribution in [0.25, 0.3) is 0 Å². The summed E-state index contributed by atoms with van der Waals surface area (Å²) in [5, 5.41) is 5.85. The van der Waals surface area contributed by atoms with E-state index in [1.165, 1.54) is 12.8 Å². The number of amides is 2. The lowest BCUT2D eigenvalue weighted by atomic mass is 10.1. The number of ether oxygens (including phenoxy) is 1. The summed E-state index contributed by atoms with van der Waals surface area (Å²) in [5.41, 5.74) is 3.24. The number of rotatable bonds is 10. The van der Waals surface area contributed by atoms with Crippen LogP contribution in [0.5, 0.6) is 5.75 Å². The van der Waals surface area contributed by atoms with Crippen LogP contribution in [0.4, 0.5) is 11.4 Å². The van der Waals surface area contributed by atoms with Gasteiger partial charge in [-0.1, -0.05) is 60.3 Å². The highest BCUT2D eigenvalue weighted by Crippen LogP contribution is 2.26. The van der Waals surface area contributed by atoms with Crippen LogP contribution in [0, 0.1) is 6.92 Å². The van der Waals surface area contributed by atoms with Crippen LogP contribution in [0.3, 0.4) is 0 Å². The normalized spacial score (nSPS) is 10.5. The van der Waals surface area contributed by atoms with E-state index in [1.807, 2.05) is 43.3 Å². The molecule has 0 fully saturated rings. The molecule has 3 rings (SSSR count). The number of benzene rings is 3. The third-order valence-corrected chi connectivity index (χ3v) is 5.70. The van der Waals surface area contributed by atoms with Crippen molar-refractivity contribution in [3.05, 3.63) is 87.9 Å². The molecule has 0 unspecified atom stereocenters. The lowest BCUT2D eigenvalue weighted by molar-refractivity contribution is 0.101. The molecule has 3 aromatic carbocycles. The molecule has 5 nitrogen and oxygen atoms in total. The minimum Gasteiger partial charge on any atom is -0.493 e. The molecule has 0 bridgehead atoms. The smallest absolute Gasteiger partial charge is 0.259 e. The number of carbonyl (C=O) groups is 2. The van der Waals surface area contributed by atoms with Crippen molar-refractivity contribution in [3.63, 3.8) is 0 Å². The Morgan fingerprint density at radius 3 is 2.39 bits per heavy atom. The molecule has 0 aliphatic rings. The number of halogens is 1. The average molecular weight is 509 g/mol. The van der Waals surface area contributed by atoms with Crippen LogP contribution in [0.2, 0.25) is 0 Å². The number of aryl methyl sites for hydroxylation is 1. The largest absolute Gasteiger partial charge is 0.493 e. The van der Waals surface area contributed by atoms with E-state index >= 15 is 0 Å². The van der Waals surface area contributed by atoms with E-state index in [-0.39, 0.29) is 11.8 Å². The standard InChI is InChI=1S/C27H29BrN2O3/c1-3-4-5-9-16-33-25-15-12-21(28)18-23(25)27(32)29-22-13-14-24(19(2)17-22)30-26(31)20-10-7-6-8-11-20/h6-8,10-15,17-18H,3-5,9,16H2,1-2H3,(H,29,32)(H,30,31). The summed E-state index contributed by atoms with van der Waals surface area (Å²) in [7, 11) is 0. The first-order chi connectivity index (χ1) is 16.0. The summed E-state index contributed by atoms with van der Waals surface area (Å²) in [4.78, 5) is 25.4. The van der Waals surface area contributed by atoms with Crippen LogP contribution in [0.1, 0.15) is 58.9 Å². The van der Waals surface area contributed by atoms with Gasteiger partial charge in [-0.25, -0.2) is 0 Å². The Hall–Kier alpha value is -3.12. The Labute approximate surface area is 203 Å². The Morgan fingerprint density at radius 2 is 1.67 bits per heavy atom. The lowest BCUT2D eigenvalue weighted by Gasteiger charge is -2.14. The molecule has 0 spiro atoms. The number of nitrogens with one attached hydrogen (secondary N) is 2. The van der Waals surface area contributed by atoms with E-state index in [0.29, 0.717) is 34.9 Å². The molecule has 0 saturated heterocycles. The highest BCUT2D eigenvalue weighted by atomic mass is 79.9. The van der Waals surface area contributed by atoms with Crippen LogP contribution in [-0.2, 0) is 0 Å². The Morgan fingerprint density at radius 1 is 0.879 bits per heavy atom. The van der Waals surface area contributed by atoms with E-state index in [9.17, 15) is 9.59 Å². The zero-order valence-electron chi connectivity index (χ0n) is 19.0. The molecular formula is C27H29BrN2O3. The van der Waals surface area contributed by atoms with Gasteiger partial charge in [-0.05, 0) is 67.4 Å². The molecule has 0 radical (unpaired) electrons. The van der Waals surface area contributed by atoms with Gasteiger partial charge in [0.05, 0.1) is 12.2 Å². The van der Waals surface area contributed by atoms with Crippen molar-refractivity contribution in [2.45, 2.75) is 39.5 Å². The van der Waals surface area contributed by atoms with E-state index in [0.717, 1.165) is 22.9 Å². The quantitative estimate of drug-likeness (QED) is 0.284. The van der Waals surface area contributed by atoms with Gasteiger partial charge in [-0.15, -0.1) is 0 Å². The zero-order chi connectivity index (χ0) is 23.6. The first-order valence-electron chi connectivity index (χ1n) is 11.2. The van der Waals surface area contributed by atoms with Crippen LogP contribution in [0.15, 0.2) is 71.2 Å². The number of anilines is 2. The molecule has 6 heteroatoms. The van der Waals surface area contributed by atoms with Gasteiger partial charge in [-0.3, -0.25) is 9.59 Å². The second kappa shape index (κ2) is 12.2. The van der Waals surface area contributed by atoms with Crippen LogP contribution < -0.4 is 15.4 Å². The molecule has 2 N–H and O–H groups in total. The second-order valence-electron chi connectivity index (χ2n) is 7.85. The summed E-state index contributed by atoms with van der Waals surface area (Å²) in [6.45, 7) is 4.64. The highest BCUT2D eigenvalue weighted by molar-refractivity contribution is 9.10. The van der Waals surface area contributed by atoms with Crippen molar-refractivity contribution in [2.75, 3.05) is 17.2 Å². The topological polar surface area (TPSA) is 67.4 Å². The maximum atomic E-state index is 13.0. The van der Waals surface area contributed by atoms with E-state index < -0.39 is 0 Å². The second-order valence-corrected chi connectivity index (χ2v) is 8.77. The fourth-order valence-electron chi connectivity index (χ4n) is 3.38. The van der Waals surface area contributed by atoms with E-state index in [4.69, 9.17) is 4.74 Å². The molecule has 0 heterocycles. The summed E-state index contributed by atoms with van der Waals surface area (Å²) >= 11 is 3.44. The van der Waals surface area contributed by atoms with Crippen molar-refractivity contribution in [3.8, 4) is 5.75 Å². The van der Waals surface area contributed by atoms with E-state index in [2.05, 4.69) is 33.5 Å². The maximum Gasteiger partial charge on any atom is 0.259 e. The predicted octanol–water partition coefficient (Wildman–Crippen LogP) is 7.22. The molecule has 172 valence electrons. The third kappa shape index (κ3) is 7.19. The van der Waals surface area contributed by atoms with Gasteiger partial charge in [0.2, 0.25) is 0 Å². The minimum atomic E-state index is -0.250. The van der Waals surface area contributed by atoms with Gasteiger partial charge >= 0.3 is 0 Å². The molecule has 3 aromatic rings. The first kappa shape index (κ1) is 24.5. The summed E-state index contributed by atoms with van der Waals surface area (Å²) < 4.78 is 6.70. The number of hydrogen-bond acceptors (Lipinski definition) is 3. The number of carbonyl (C=O) groups excluding carboxylic acids is 2. The number of hydrogen-bond donors (Lipinski definition) is 2. The summed E-state index contributed by atoms with van der Waals surface area (Å²) in [5.74, 6) is 0.140. The van der Waals surface area contributed by atoms with Gasteiger partial charge in [0.25, 0.3) is 11.8 Å². The predicted molar refractivity (Wildman–Crippen MR) is 137 cm³/mol. The third-order valence-electron chi connectivity index (χ3n) is 5.21. The fourth-order valence-corrected chi connectivity index (χ4v) is 3.74. The van der Waals surface area contributed by atoms with E-state index in [1.54, 1.807) is 30.3 Å². The van der Waals surface area contributed by atoms with Crippen molar-refractivity contribution in [1.29, 1.82) is 0 Å². The molecule has 0 aromatic heterocycles. The maximum absolute atomic E-state index is 13.0. The Bertz CT molecular complexity index is 1100. The molecule has 0 aliphatic carbocycles. The van der Waals surface area contributed by atoms with Crippen LogP contribution in [-0.4, -0.2) is 18.4 Å². The highest BCUT2D eigenvalue weighted by Gasteiger charge is 2.15. The van der Waals surface area contributed by atoms with Gasteiger partial charge in [0, 0.05) is 21.4 Å². The Balaban J connectivity index is 1.67. The minimum absolute atomic E-state index is 0.176. The van der Waals surface area contributed by atoms with Gasteiger partial charge in [0.15, 0.2) is 0 Å². The Kier molecular flexibility index (Phi) is 9.07. The molecule has 33 heavy (non-hydrogen) atoms. The average Bonchev–Trinajstić information content (AvgIpc) is 2.82. The van der Waals surface area contributed by atoms with Gasteiger partial charge in [-0.2, -0.15) is 0 Å². The molecular weight excluding hydrogens is 480 g/mol. The van der Waals surface area contributed by atoms with Crippen molar-refractivity contribution in [1.82, 2.24) is 0 Å². The fraction of sp³-hybridized carbons (Fsp3) is 0.259. The van der Waals surface area contributed by atoms with Crippen LogP contribution >= 0.6 is 15.9 Å². The molecule has 0 atom stereocenters. The van der Waals surface area contributed by atoms with Crippen molar-refractivity contribution < 1.29 is 14.3 Å². The molecule has 0 aliphatic heterocycles. The molecule has 0 saturated carbocycles. The van der Waals surface area contributed by atoms with Gasteiger partial charge < -0.3 is 15.4 Å². The zero-order valence-corrected chi connectivity index (χ0v) is 20.6. The monoisotopic (exact) mass is 508 g/mol. The summed E-state index contributed by atoms with van der Waals surface area (Å²) in [6.07, 6.45) is 4.42. The van der Waals surface area contributed by atoms with Crippen molar-refractivity contribution in [2.24, 2.45) is 0 Å². The first-order valence-corrected chi connectivity index (χ1v) is 12.0. The molecule has 2 amide bonds. The summed E-state index contributed by atoms with van der Waals surface area (Å²) in [6, 6.07) is 19.9. The van der Waals surface area contributed by atoms with Crippen molar-refractivity contribution >= 4 is 39.1 Å². The lowest BCUT2D eigenvalue weighted by Crippen LogP contribution is -2.15. The van der Waals surface area contributed by atoms with Gasteiger partial charge in [0.1, 0.15) is 5.75 Å². The SMILES string of the molecule is CCCCCCOc1ccc(Br)cc1C(=O)Nc1ccc(NC(=O)c2ccccc2)c(C)c1. The number of unbranched alkanes of at least 4 members (excludes halogenated alkanes) is 3.